The third-order valence-corrected chi connectivity index (χ3v) is 5.72. The number of hydrogen-bond acceptors (Lipinski definition) is 4. The number of methoxy groups -OCH3 is 1. The molecule has 1 amide bonds. The number of rotatable bonds is 6. The van der Waals surface area contributed by atoms with Crippen LogP contribution in [0.1, 0.15) is 35.3 Å². The number of halogens is 2. The van der Waals surface area contributed by atoms with Crippen molar-refractivity contribution in [1.29, 1.82) is 0 Å². The summed E-state index contributed by atoms with van der Waals surface area (Å²) in [4.78, 5) is 17.4. The van der Waals surface area contributed by atoms with Crippen LogP contribution in [0.5, 0.6) is 5.75 Å². The average Bonchev–Trinajstić information content (AvgIpc) is 3.22. The van der Waals surface area contributed by atoms with Crippen LogP contribution in [0.4, 0.5) is 4.39 Å². The predicted molar refractivity (Wildman–Crippen MR) is 120 cm³/mol. The van der Waals surface area contributed by atoms with E-state index in [4.69, 9.17) is 4.74 Å². The van der Waals surface area contributed by atoms with Gasteiger partial charge in [0, 0.05) is 11.6 Å². The summed E-state index contributed by atoms with van der Waals surface area (Å²) in [7, 11) is 1.61. The van der Waals surface area contributed by atoms with Crippen molar-refractivity contribution in [2.45, 2.75) is 19.4 Å². The Morgan fingerprint density at radius 1 is 1.19 bits per heavy atom. The first-order valence-corrected chi connectivity index (χ1v) is 10.5. The number of aromatic nitrogens is 3. The zero-order valence-electron chi connectivity index (χ0n) is 17.0. The minimum atomic E-state index is -0.325. The molecule has 4 aromatic rings. The number of nitrogens with zero attached hydrogens (tertiary/aromatic N) is 3. The Hall–Kier alpha value is -3.26. The monoisotopic (exact) mass is 482 g/mol. The molecule has 1 atom stereocenters. The van der Waals surface area contributed by atoms with Crippen molar-refractivity contribution in [3.05, 3.63) is 82.5 Å². The van der Waals surface area contributed by atoms with Gasteiger partial charge in [-0.1, -0.05) is 13.0 Å². The van der Waals surface area contributed by atoms with Crippen molar-refractivity contribution in [3.63, 3.8) is 0 Å². The number of pyridine rings is 1. The molecule has 0 saturated heterocycles. The SMILES string of the molecule is CC[C@@H](NC(=O)c1cncc2c1cnn2-c1ccc(F)cc1)c1ccc(OC)c(Br)c1. The molecule has 4 rings (SSSR count). The van der Waals surface area contributed by atoms with Gasteiger partial charge in [-0.3, -0.25) is 9.78 Å². The van der Waals surface area contributed by atoms with Crippen LogP contribution < -0.4 is 10.1 Å². The number of nitrogens with one attached hydrogen (secondary N) is 1. The van der Waals surface area contributed by atoms with Crippen molar-refractivity contribution >= 4 is 32.7 Å². The second kappa shape index (κ2) is 8.85. The van der Waals surface area contributed by atoms with Crippen LogP contribution in [-0.2, 0) is 0 Å². The molecule has 2 aromatic heterocycles. The largest absolute Gasteiger partial charge is 0.496 e. The number of carbonyl (C=O) groups excluding carboxylic acids is 1. The highest BCUT2D eigenvalue weighted by Gasteiger charge is 2.19. The molecule has 0 aliphatic heterocycles. The predicted octanol–water partition coefficient (Wildman–Crippen LogP) is 5.21. The highest BCUT2D eigenvalue weighted by atomic mass is 79.9. The van der Waals surface area contributed by atoms with Crippen LogP contribution in [0.25, 0.3) is 16.6 Å². The van der Waals surface area contributed by atoms with E-state index in [1.165, 1.54) is 18.3 Å². The summed E-state index contributed by atoms with van der Waals surface area (Å²) < 4.78 is 21.0. The summed E-state index contributed by atoms with van der Waals surface area (Å²) in [5, 5.41) is 8.14. The van der Waals surface area contributed by atoms with E-state index in [9.17, 15) is 9.18 Å². The van der Waals surface area contributed by atoms with Gasteiger partial charge in [0.25, 0.3) is 5.91 Å². The minimum Gasteiger partial charge on any atom is -0.496 e. The lowest BCUT2D eigenvalue weighted by molar-refractivity contribution is 0.0937. The number of amides is 1. The van der Waals surface area contributed by atoms with Gasteiger partial charge in [-0.25, -0.2) is 9.07 Å². The maximum Gasteiger partial charge on any atom is 0.254 e. The van der Waals surface area contributed by atoms with Crippen LogP contribution in [0.3, 0.4) is 0 Å². The second-order valence-electron chi connectivity index (χ2n) is 6.98. The Balaban J connectivity index is 1.64. The lowest BCUT2D eigenvalue weighted by Crippen LogP contribution is -2.28. The van der Waals surface area contributed by atoms with E-state index in [1.54, 1.807) is 36.3 Å². The Morgan fingerprint density at radius 2 is 1.97 bits per heavy atom. The molecular formula is C23H20BrFN4O2. The number of carbonyl (C=O) groups is 1. The molecule has 0 saturated carbocycles. The van der Waals surface area contributed by atoms with E-state index in [-0.39, 0.29) is 17.8 Å². The van der Waals surface area contributed by atoms with Crippen molar-refractivity contribution in [3.8, 4) is 11.4 Å². The van der Waals surface area contributed by atoms with Crippen LogP contribution in [-0.4, -0.2) is 27.8 Å². The van der Waals surface area contributed by atoms with Crippen molar-refractivity contribution in [1.82, 2.24) is 20.1 Å². The average molecular weight is 483 g/mol. The first-order chi connectivity index (χ1) is 15.0. The number of ether oxygens (including phenoxy) is 1. The van der Waals surface area contributed by atoms with Gasteiger partial charge in [-0.2, -0.15) is 5.10 Å². The Morgan fingerprint density at radius 3 is 2.65 bits per heavy atom. The van der Waals surface area contributed by atoms with Gasteiger partial charge in [-0.05, 0) is 64.3 Å². The minimum absolute atomic E-state index is 0.183. The Kier molecular flexibility index (Phi) is 5.99. The van der Waals surface area contributed by atoms with Crippen LogP contribution in [0, 0.1) is 5.82 Å². The first kappa shape index (κ1) is 21.0. The zero-order chi connectivity index (χ0) is 22.0. The summed E-state index contributed by atoms with van der Waals surface area (Å²) in [6.45, 7) is 2.01. The third kappa shape index (κ3) is 4.16. The standard InChI is InChI=1S/C23H20BrFN4O2/c1-3-20(14-4-9-22(31-2)19(24)10-14)28-23(30)18-11-26-13-21-17(18)12-27-29(21)16-7-5-15(25)6-8-16/h4-13,20H,3H2,1-2H3,(H,28,30)/t20-/m1/s1. The van der Waals surface area contributed by atoms with E-state index in [0.29, 0.717) is 28.6 Å². The van der Waals surface area contributed by atoms with Gasteiger partial charge in [0.1, 0.15) is 11.6 Å². The molecule has 0 radical (unpaired) electrons. The zero-order valence-corrected chi connectivity index (χ0v) is 18.6. The fourth-order valence-electron chi connectivity index (χ4n) is 3.47. The topological polar surface area (TPSA) is 69.0 Å². The lowest BCUT2D eigenvalue weighted by atomic mass is 10.0. The molecule has 1 N–H and O–H groups in total. The van der Waals surface area contributed by atoms with Crippen molar-refractivity contribution < 1.29 is 13.9 Å². The van der Waals surface area contributed by atoms with Gasteiger partial charge >= 0.3 is 0 Å². The Labute approximate surface area is 187 Å². The van der Waals surface area contributed by atoms with E-state index in [0.717, 1.165) is 15.8 Å². The van der Waals surface area contributed by atoms with Gasteiger partial charge in [-0.15, -0.1) is 0 Å². The van der Waals surface area contributed by atoms with E-state index < -0.39 is 0 Å². The first-order valence-electron chi connectivity index (χ1n) is 9.73. The van der Waals surface area contributed by atoms with Crippen LogP contribution in [0.2, 0.25) is 0 Å². The quantitative estimate of drug-likeness (QED) is 0.409. The molecule has 0 spiro atoms. The van der Waals surface area contributed by atoms with E-state index in [1.807, 2.05) is 25.1 Å². The molecular weight excluding hydrogens is 463 g/mol. The molecule has 31 heavy (non-hydrogen) atoms. The van der Waals surface area contributed by atoms with E-state index >= 15 is 0 Å². The fraction of sp³-hybridized carbons (Fsp3) is 0.174. The highest BCUT2D eigenvalue weighted by molar-refractivity contribution is 9.10. The molecule has 2 aromatic carbocycles. The summed E-state index contributed by atoms with van der Waals surface area (Å²) in [5.41, 5.74) is 2.74. The van der Waals surface area contributed by atoms with E-state index in [2.05, 4.69) is 31.3 Å². The number of benzene rings is 2. The maximum absolute atomic E-state index is 13.3. The number of fused-ring (bicyclic) bond motifs is 1. The van der Waals surface area contributed by atoms with Crippen molar-refractivity contribution in [2.24, 2.45) is 0 Å². The molecule has 2 heterocycles. The summed E-state index contributed by atoms with van der Waals surface area (Å²) in [5.74, 6) is 0.164. The summed E-state index contributed by atoms with van der Waals surface area (Å²) >= 11 is 3.50. The maximum atomic E-state index is 13.3. The van der Waals surface area contributed by atoms with Gasteiger partial charge in [0.2, 0.25) is 0 Å². The molecule has 6 nitrogen and oxygen atoms in total. The second-order valence-corrected chi connectivity index (χ2v) is 7.84. The molecule has 0 aliphatic carbocycles. The normalized spacial score (nSPS) is 12.0. The summed E-state index contributed by atoms with van der Waals surface area (Å²) in [6.07, 6.45) is 5.51. The highest BCUT2D eigenvalue weighted by Crippen LogP contribution is 2.29. The fourth-order valence-corrected chi connectivity index (χ4v) is 4.03. The molecule has 8 heteroatoms. The lowest BCUT2D eigenvalue weighted by Gasteiger charge is -2.18. The molecule has 0 unspecified atom stereocenters. The van der Waals surface area contributed by atoms with Gasteiger partial charge < -0.3 is 10.1 Å². The van der Waals surface area contributed by atoms with Crippen molar-refractivity contribution in [2.75, 3.05) is 7.11 Å². The molecule has 0 bridgehead atoms. The van der Waals surface area contributed by atoms with Gasteiger partial charge in [0.05, 0.1) is 46.8 Å². The third-order valence-electron chi connectivity index (χ3n) is 5.10. The van der Waals surface area contributed by atoms with Crippen LogP contribution in [0.15, 0.2) is 65.5 Å². The Bertz CT molecular complexity index is 1240. The molecule has 0 fully saturated rings. The number of hydrogen-bond donors (Lipinski definition) is 1. The smallest absolute Gasteiger partial charge is 0.254 e. The van der Waals surface area contributed by atoms with Gasteiger partial charge in [0.15, 0.2) is 0 Å². The van der Waals surface area contributed by atoms with Crippen LogP contribution >= 0.6 is 15.9 Å². The molecule has 158 valence electrons. The summed E-state index contributed by atoms with van der Waals surface area (Å²) in [6, 6.07) is 11.5. The molecule has 0 aliphatic rings.